The normalized spacial score (nSPS) is 24.1. The summed E-state index contributed by atoms with van der Waals surface area (Å²) in [6.07, 6.45) is 8.30. The molecule has 0 aromatic heterocycles. The fourth-order valence-electron chi connectivity index (χ4n) is 4.16. The molecule has 1 amide bonds. The minimum absolute atomic E-state index is 0.0844. The van der Waals surface area contributed by atoms with Crippen LogP contribution in [-0.2, 0) is 4.79 Å². The Kier molecular flexibility index (Phi) is 7.51. The second-order valence-electron chi connectivity index (χ2n) is 8.12. The quantitative estimate of drug-likeness (QED) is 0.704. The average Bonchev–Trinajstić information content (AvgIpc) is 2.72. The largest absolute Gasteiger partial charge is 0.491 e. The van der Waals surface area contributed by atoms with Gasteiger partial charge in [-0.1, -0.05) is 37.3 Å². The molecule has 1 heterocycles. The van der Waals surface area contributed by atoms with Gasteiger partial charge in [-0.25, -0.2) is 0 Å². The Hall–Kier alpha value is -1.85. The minimum atomic E-state index is 0.0844. The standard InChI is InChI=1S/C23H35N3O2/c1-4-22(25-23(27)18-10-6-5-7-11-18)26-15-14-24-20(16-26)19-12-8-9-13-21(19)28-17(2)3/h5-6,8-9,12-13,17-18,20,22,24H,4,7,10-11,14-16H2,1-3H3,(H,25,27). The van der Waals surface area contributed by atoms with E-state index in [-0.39, 0.29) is 30.1 Å². The highest BCUT2D eigenvalue weighted by molar-refractivity contribution is 5.79. The van der Waals surface area contributed by atoms with Crippen LogP contribution in [0.3, 0.4) is 0 Å². The number of amides is 1. The van der Waals surface area contributed by atoms with E-state index >= 15 is 0 Å². The molecule has 2 N–H and O–H groups in total. The van der Waals surface area contributed by atoms with E-state index in [2.05, 4.69) is 60.6 Å². The van der Waals surface area contributed by atoms with Crippen LogP contribution in [-0.4, -0.2) is 42.7 Å². The molecule has 1 saturated heterocycles. The fraction of sp³-hybridized carbons (Fsp3) is 0.609. The van der Waals surface area contributed by atoms with E-state index in [0.29, 0.717) is 0 Å². The van der Waals surface area contributed by atoms with Crippen molar-refractivity contribution in [3.63, 3.8) is 0 Å². The van der Waals surface area contributed by atoms with Gasteiger partial charge in [0.25, 0.3) is 0 Å². The SMILES string of the molecule is CCC(NC(=O)C1CC=CCC1)N1CCNC(c2ccccc2OC(C)C)C1. The first-order valence-corrected chi connectivity index (χ1v) is 10.8. The summed E-state index contributed by atoms with van der Waals surface area (Å²) in [5, 5.41) is 6.95. The number of nitrogens with one attached hydrogen (secondary N) is 2. The molecule has 28 heavy (non-hydrogen) atoms. The lowest BCUT2D eigenvalue weighted by molar-refractivity contribution is -0.127. The van der Waals surface area contributed by atoms with E-state index in [9.17, 15) is 4.79 Å². The number of carbonyl (C=O) groups excluding carboxylic acids is 1. The van der Waals surface area contributed by atoms with Crippen molar-refractivity contribution in [3.8, 4) is 5.75 Å². The van der Waals surface area contributed by atoms with Crippen molar-refractivity contribution < 1.29 is 9.53 Å². The first-order valence-electron chi connectivity index (χ1n) is 10.8. The number of carbonyl (C=O) groups is 1. The molecular weight excluding hydrogens is 350 g/mol. The second kappa shape index (κ2) is 10.1. The minimum Gasteiger partial charge on any atom is -0.491 e. The lowest BCUT2D eigenvalue weighted by Gasteiger charge is -2.40. The van der Waals surface area contributed by atoms with Gasteiger partial charge in [0.2, 0.25) is 5.91 Å². The third-order valence-corrected chi connectivity index (χ3v) is 5.64. The molecule has 1 aliphatic heterocycles. The van der Waals surface area contributed by atoms with Gasteiger partial charge < -0.3 is 15.4 Å². The molecule has 0 saturated carbocycles. The number of hydrogen-bond acceptors (Lipinski definition) is 4. The molecule has 0 radical (unpaired) electrons. The van der Waals surface area contributed by atoms with E-state index in [0.717, 1.165) is 51.1 Å². The number of benzene rings is 1. The Morgan fingerprint density at radius 3 is 2.86 bits per heavy atom. The predicted octanol–water partition coefficient (Wildman–Crippen LogP) is 3.63. The molecule has 1 aromatic carbocycles. The average molecular weight is 386 g/mol. The van der Waals surface area contributed by atoms with Crippen molar-refractivity contribution in [2.24, 2.45) is 5.92 Å². The van der Waals surface area contributed by atoms with Crippen LogP contribution in [0.25, 0.3) is 0 Å². The number of hydrogen-bond donors (Lipinski definition) is 2. The number of nitrogens with zero attached hydrogens (tertiary/aromatic N) is 1. The molecule has 2 aliphatic rings. The maximum absolute atomic E-state index is 12.7. The van der Waals surface area contributed by atoms with Crippen LogP contribution in [0.1, 0.15) is 58.1 Å². The first-order chi connectivity index (χ1) is 13.6. The van der Waals surface area contributed by atoms with Gasteiger partial charge in [-0.05, 0) is 45.6 Å². The maximum Gasteiger partial charge on any atom is 0.224 e. The van der Waals surface area contributed by atoms with E-state index in [1.807, 2.05) is 12.1 Å². The van der Waals surface area contributed by atoms with Crippen molar-refractivity contribution in [1.29, 1.82) is 0 Å². The Labute approximate surface area is 169 Å². The van der Waals surface area contributed by atoms with E-state index < -0.39 is 0 Å². The third-order valence-electron chi connectivity index (χ3n) is 5.64. The van der Waals surface area contributed by atoms with Gasteiger partial charge in [0.15, 0.2) is 0 Å². The molecular formula is C23H35N3O2. The van der Waals surface area contributed by atoms with Gasteiger partial charge in [0.05, 0.1) is 12.3 Å². The molecule has 3 unspecified atom stereocenters. The van der Waals surface area contributed by atoms with Crippen LogP contribution >= 0.6 is 0 Å². The van der Waals surface area contributed by atoms with Gasteiger partial charge >= 0.3 is 0 Å². The molecule has 3 atom stereocenters. The Bertz CT molecular complexity index is 674. The number of piperazine rings is 1. The van der Waals surface area contributed by atoms with Crippen molar-refractivity contribution in [3.05, 3.63) is 42.0 Å². The number of rotatable bonds is 7. The third kappa shape index (κ3) is 5.36. The summed E-state index contributed by atoms with van der Waals surface area (Å²) in [5.41, 5.74) is 1.19. The monoisotopic (exact) mass is 385 g/mol. The van der Waals surface area contributed by atoms with Gasteiger partial charge in [-0.15, -0.1) is 0 Å². The van der Waals surface area contributed by atoms with Crippen molar-refractivity contribution in [2.75, 3.05) is 19.6 Å². The molecule has 1 aromatic rings. The highest BCUT2D eigenvalue weighted by Crippen LogP contribution is 2.28. The summed E-state index contributed by atoms with van der Waals surface area (Å²) in [6, 6.07) is 8.49. The molecule has 5 heteroatoms. The topological polar surface area (TPSA) is 53.6 Å². The van der Waals surface area contributed by atoms with Crippen LogP contribution in [0.2, 0.25) is 0 Å². The summed E-state index contributed by atoms with van der Waals surface area (Å²) in [6.45, 7) is 8.97. The summed E-state index contributed by atoms with van der Waals surface area (Å²) in [4.78, 5) is 15.1. The Morgan fingerprint density at radius 1 is 1.32 bits per heavy atom. The number of allylic oxidation sites excluding steroid dienone is 2. The lowest BCUT2D eigenvalue weighted by Crippen LogP contribution is -2.56. The number of para-hydroxylation sites is 1. The van der Waals surface area contributed by atoms with Crippen molar-refractivity contribution in [1.82, 2.24) is 15.5 Å². The summed E-state index contributed by atoms with van der Waals surface area (Å²) in [5.74, 6) is 1.27. The van der Waals surface area contributed by atoms with Crippen molar-refractivity contribution in [2.45, 2.75) is 64.8 Å². The smallest absolute Gasteiger partial charge is 0.224 e. The van der Waals surface area contributed by atoms with E-state index in [1.54, 1.807) is 0 Å². The fourth-order valence-corrected chi connectivity index (χ4v) is 4.16. The van der Waals surface area contributed by atoms with Crippen LogP contribution in [0.4, 0.5) is 0 Å². The molecule has 154 valence electrons. The van der Waals surface area contributed by atoms with E-state index in [4.69, 9.17) is 4.74 Å². The van der Waals surface area contributed by atoms with Crippen LogP contribution in [0.15, 0.2) is 36.4 Å². The van der Waals surface area contributed by atoms with Gasteiger partial charge in [0, 0.05) is 37.2 Å². The zero-order valence-corrected chi connectivity index (χ0v) is 17.5. The summed E-state index contributed by atoms with van der Waals surface area (Å²) in [7, 11) is 0. The highest BCUT2D eigenvalue weighted by Gasteiger charge is 2.29. The molecule has 0 bridgehead atoms. The van der Waals surface area contributed by atoms with Crippen LogP contribution in [0, 0.1) is 5.92 Å². The molecule has 5 nitrogen and oxygen atoms in total. The number of ether oxygens (including phenoxy) is 1. The molecule has 1 aliphatic carbocycles. The highest BCUT2D eigenvalue weighted by atomic mass is 16.5. The van der Waals surface area contributed by atoms with Gasteiger partial charge in [0.1, 0.15) is 5.75 Å². The second-order valence-corrected chi connectivity index (χ2v) is 8.12. The van der Waals surface area contributed by atoms with Gasteiger partial charge in [-0.3, -0.25) is 9.69 Å². The van der Waals surface area contributed by atoms with Gasteiger partial charge in [-0.2, -0.15) is 0 Å². The molecule has 1 fully saturated rings. The summed E-state index contributed by atoms with van der Waals surface area (Å²) >= 11 is 0. The Balaban J connectivity index is 1.66. The predicted molar refractivity (Wildman–Crippen MR) is 113 cm³/mol. The molecule has 0 spiro atoms. The van der Waals surface area contributed by atoms with Crippen LogP contribution < -0.4 is 15.4 Å². The Morgan fingerprint density at radius 2 is 2.14 bits per heavy atom. The molecule has 3 rings (SSSR count). The van der Waals surface area contributed by atoms with Crippen molar-refractivity contribution >= 4 is 5.91 Å². The lowest BCUT2D eigenvalue weighted by atomic mass is 9.93. The zero-order valence-electron chi connectivity index (χ0n) is 17.5. The zero-order chi connectivity index (χ0) is 19.9. The summed E-state index contributed by atoms with van der Waals surface area (Å²) < 4.78 is 6.03. The van der Waals surface area contributed by atoms with Crippen LogP contribution in [0.5, 0.6) is 5.75 Å². The maximum atomic E-state index is 12.7. The first kappa shape index (κ1) is 20.9. The van der Waals surface area contributed by atoms with E-state index in [1.165, 1.54) is 5.56 Å².